The van der Waals surface area contributed by atoms with Gasteiger partial charge in [-0.1, -0.05) is 0 Å². The second-order valence-electron chi connectivity index (χ2n) is 1.91. The van der Waals surface area contributed by atoms with Gasteiger partial charge in [0.2, 0.25) is 0 Å². The van der Waals surface area contributed by atoms with E-state index in [0.717, 1.165) is 13.7 Å². The minimum absolute atomic E-state index is 0.837. The van der Waals surface area contributed by atoms with Gasteiger partial charge in [0.05, 0.1) is 0 Å². The van der Waals surface area contributed by atoms with Gasteiger partial charge in [-0.25, -0.2) is 0 Å². The van der Waals surface area contributed by atoms with Crippen LogP contribution >= 0.6 is 22.6 Å². The van der Waals surface area contributed by atoms with Gasteiger partial charge >= 0.3 is 85.7 Å². The normalized spacial score (nSPS) is 10.0. The van der Waals surface area contributed by atoms with Crippen molar-refractivity contribution in [3.63, 3.8) is 0 Å². The molecular weight excluding hydrogens is 318 g/mol. The van der Waals surface area contributed by atoms with Crippen LogP contribution in [-0.4, -0.2) is 22.8 Å². The molecule has 0 radical (unpaired) electrons. The zero-order chi connectivity index (χ0) is 8.27. The van der Waals surface area contributed by atoms with Crippen LogP contribution in [0.3, 0.4) is 0 Å². The Morgan fingerprint density at radius 2 is 2.27 bits per heavy atom. The summed E-state index contributed by atoms with van der Waals surface area (Å²) in [5, 5.41) is 0. The van der Waals surface area contributed by atoms with Crippen LogP contribution < -0.4 is 9.09 Å². The summed E-state index contributed by atoms with van der Waals surface area (Å²) in [6.45, 7) is 0. The SMILES string of the molecule is COc1ccc([As]=O)cc1I. The van der Waals surface area contributed by atoms with Crippen molar-refractivity contribution in [1.29, 1.82) is 0 Å². The van der Waals surface area contributed by atoms with Gasteiger partial charge < -0.3 is 0 Å². The molecule has 0 aliphatic carbocycles. The van der Waals surface area contributed by atoms with E-state index in [-0.39, 0.29) is 0 Å². The summed E-state index contributed by atoms with van der Waals surface area (Å²) < 4.78 is 17.5. The summed E-state index contributed by atoms with van der Waals surface area (Å²) in [7, 11) is 1.63. The van der Waals surface area contributed by atoms with Gasteiger partial charge in [-0.2, -0.15) is 0 Å². The predicted octanol–water partition coefficient (Wildman–Crippen LogP) is 0.975. The van der Waals surface area contributed by atoms with E-state index in [1.807, 2.05) is 18.2 Å². The first kappa shape index (κ1) is 9.20. The molecule has 0 bridgehead atoms. The Balaban J connectivity index is 3.09. The molecule has 11 heavy (non-hydrogen) atoms. The van der Waals surface area contributed by atoms with E-state index < -0.39 is 15.7 Å². The third kappa shape index (κ3) is 2.27. The third-order valence-electron chi connectivity index (χ3n) is 1.24. The summed E-state index contributed by atoms with van der Waals surface area (Å²) in [6.07, 6.45) is 0. The van der Waals surface area contributed by atoms with Crippen LogP contribution in [0.4, 0.5) is 0 Å². The Labute approximate surface area is 85.4 Å². The molecule has 2 nitrogen and oxygen atoms in total. The van der Waals surface area contributed by atoms with Crippen molar-refractivity contribution in [2.24, 2.45) is 0 Å². The van der Waals surface area contributed by atoms with E-state index in [4.69, 9.17) is 4.74 Å². The summed E-state index contributed by atoms with van der Waals surface area (Å²) >= 11 is 1.25. The molecule has 4 heteroatoms. The van der Waals surface area contributed by atoms with Gasteiger partial charge in [-0.3, -0.25) is 0 Å². The average molecular weight is 324 g/mol. The van der Waals surface area contributed by atoms with Crippen LogP contribution in [0.25, 0.3) is 0 Å². The number of rotatable bonds is 2. The van der Waals surface area contributed by atoms with E-state index in [1.165, 1.54) is 0 Å². The first-order chi connectivity index (χ1) is 5.27. The van der Waals surface area contributed by atoms with Gasteiger partial charge in [0.15, 0.2) is 0 Å². The third-order valence-corrected chi connectivity index (χ3v) is 3.11. The van der Waals surface area contributed by atoms with Crippen molar-refractivity contribution in [2.45, 2.75) is 0 Å². The Hall–Kier alpha value is 0.108. The molecule has 1 aromatic rings. The molecule has 0 aromatic heterocycles. The standard InChI is InChI=1S/C7H6AsIO2/c1-11-7-3-2-5(8-10)4-6(7)9/h2-4H,1H3. The predicted molar refractivity (Wildman–Crippen MR) is 51.8 cm³/mol. The molecule has 0 unspecified atom stereocenters. The van der Waals surface area contributed by atoms with Gasteiger partial charge in [0.25, 0.3) is 0 Å². The molecule has 0 spiro atoms. The topological polar surface area (TPSA) is 26.3 Å². The maximum absolute atomic E-state index is 10.5. The maximum atomic E-state index is 10.5. The zero-order valence-electron chi connectivity index (χ0n) is 5.87. The number of halogens is 1. The number of benzene rings is 1. The Kier molecular flexibility index (Phi) is 3.52. The molecular formula is C7H6AsIO2. The Morgan fingerprint density at radius 3 is 2.73 bits per heavy atom. The van der Waals surface area contributed by atoms with Crippen LogP contribution in [0.2, 0.25) is 0 Å². The van der Waals surface area contributed by atoms with Gasteiger partial charge in [0, 0.05) is 0 Å². The van der Waals surface area contributed by atoms with Crippen LogP contribution in [0, 0.1) is 3.57 Å². The fourth-order valence-electron chi connectivity index (χ4n) is 0.712. The molecule has 1 rings (SSSR count). The van der Waals surface area contributed by atoms with E-state index in [1.54, 1.807) is 7.11 Å². The Bertz CT molecular complexity index is 275. The van der Waals surface area contributed by atoms with Crippen LogP contribution in [0.1, 0.15) is 0 Å². The van der Waals surface area contributed by atoms with Crippen LogP contribution in [-0.2, 0) is 3.74 Å². The van der Waals surface area contributed by atoms with Crippen molar-refractivity contribution in [3.8, 4) is 5.75 Å². The van der Waals surface area contributed by atoms with Gasteiger partial charge in [-0.15, -0.1) is 0 Å². The molecule has 0 amide bonds. The first-order valence-corrected chi connectivity index (χ1v) is 5.73. The van der Waals surface area contributed by atoms with Crippen molar-refractivity contribution < 1.29 is 8.48 Å². The van der Waals surface area contributed by atoms with E-state index in [0.29, 0.717) is 0 Å². The van der Waals surface area contributed by atoms with Crippen molar-refractivity contribution in [2.75, 3.05) is 7.11 Å². The van der Waals surface area contributed by atoms with Crippen molar-refractivity contribution in [1.82, 2.24) is 0 Å². The minimum atomic E-state index is -0.907. The van der Waals surface area contributed by atoms with Crippen LogP contribution in [0.5, 0.6) is 5.75 Å². The molecule has 0 fully saturated rings. The summed E-state index contributed by atoms with van der Waals surface area (Å²) in [5.74, 6) is 0.837. The fraction of sp³-hybridized carbons (Fsp3) is 0.143. The first-order valence-electron chi connectivity index (χ1n) is 2.95. The zero-order valence-corrected chi connectivity index (χ0v) is 9.91. The van der Waals surface area contributed by atoms with Crippen molar-refractivity contribution >= 4 is 42.6 Å². The second kappa shape index (κ2) is 4.21. The fourth-order valence-corrected chi connectivity index (χ4v) is 2.65. The summed E-state index contributed by atoms with van der Waals surface area (Å²) in [6, 6.07) is 5.55. The monoisotopic (exact) mass is 324 g/mol. The number of methoxy groups -OCH3 is 1. The summed E-state index contributed by atoms with van der Waals surface area (Å²) in [4.78, 5) is 0. The Morgan fingerprint density at radius 1 is 1.55 bits per heavy atom. The molecule has 0 aliphatic heterocycles. The number of hydrogen-bond donors (Lipinski definition) is 0. The van der Waals surface area contributed by atoms with Gasteiger partial charge in [0.1, 0.15) is 0 Å². The molecule has 0 N–H and O–H groups in total. The number of hydrogen-bond acceptors (Lipinski definition) is 2. The number of ether oxygens (including phenoxy) is 1. The molecule has 1 aromatic carbocycles. The van der Waals surface area contributed by atoms with Crippen molar-refractivity contribution in [3.05, 3.63) is 21.8 Å². The average Bonchev–Trinajstić information content (AvgIpc) is 2.04. The van der Waals surface area contributed by atoms with E-state index >= 15 is 0 Å². The van der Waals surface area contributed by atoms with Crippen LogP contribution in [0.15, 0.2) is 18.2 Å². The van der Waals surface area contributed by atoms with E-state index in [9.17, 15) is 3.74 Å². The molecule has 0 saturated heterocycles. The quantitative estimate of drug-likeness (QED) is 0.599. The molecule has 0 aliphatic rings. The second-order valence-corrected chi connectivity index (χ2v) is 4.54. The molecule has 0 heterocycles. The van der Waals surface area contributed by atoms with Gasteiger partial charge in [-0.05, 0) is 0 Å². The molecule has 0 atom stereocenters. The molecule has 0 saturated carbocycles. The summed E-state index contributed by atoms with van der Waals surface area (Å²) in [5.41, 5.74) is 0. The molecule has 58 valence electrons. The van der Waals surface area contributed by atoms with E-state index in [2.05, 4.69) is 22.6 Å².